The number of rotatable bonds is 3. The van der Waals surface area contributed by atoms with E-state index in [4.69, 9.17) is 0 Å². The zero-order chi connectivity index (χ0) is 18.4. The van der Waals surface area contributed by atoms with E-state index in [1.807, 2.05) is 0 Å². The number of hydrogen-bond acceptors (Lipinski definition) is 3. The second-order valence-corrected chi connectivity index (χ2v) is 5.57. The molecular weight excluding hydrogens is 345 g/mol. The Labute approximate surface area is 138 Å². The molecule has 3 rings (SSSR count). The minimum atomic E-state index is -4.79. The van der Waals surface area contributed by atoms with E-state index in [9.17, 15) is 22.0 Å². The number of nitrogens with zero attached hydrogens (tertiary/aromatic N) is 3. The third-order valence-electron chi connectivity index (χ3n) is 3.55. The van der Waals surface area contributed by atoms with Crippen molar-refractivity contribution < 1.29 is 26.7 Å². The Morgan fingerprint density at radius 1 is 1.00 bits per heavy atom. The highest BCUT2D eigenvalue weighted by molar-refractivity contribution is 5.70. The highest BCUT2D eigenvalue weighted by Gasteiger charge is 2.31. The Morgan fingerprint density at radius 2 is 1.68 bits per heavy atom. The van der Waals surface area contributed by atoms with E-state index in [-0.39, 0.29) is 11.3 Å². The summed E-state index contributed by atoms with van der Waals surface area (Å²) in [5.74, 6) is -3.49. The summed E-state index contributed by atoms with van der Waals surface area (Å²) >= 11 is 0. The summed E-state index contributed by atoms with van der Waals surface area (Å²) in [6.07, 6.45) is -2.23. The van der Waals surface area contributed by atoms with Crippen molar-refractivity contribution in [2.75, 3.05) is 0 Å². The van der Waals surface area contributed by atoms with Gasteiger partial charge >= 0.3 is 6.36 Å². The first-order valence-corrected chi connectivity index (χ1v) is 7.12. The minimum absolute atomic E-state index is 0.174. The molecule has 4 nitrogen and oxygen atoms in total. The number of fused-ring (bicyclic) bond motifs is 1. The first-order valence-electron chi connectivity index (χ1n) is 7.12. The van der Waals surface area contributed by atoms with Crippen molar-refractivity contribution in [1.82, 2.24) is 14.4 Å². The molecule has 0 N–H and O–H groups in total. The molecule has 0 aliphatic heterocycles. The second kappa shape index (κ2) is 5.68. The van der Waals surface area contributed by atoms with Gasteiger partial charge in [-0.2, -0.15) is 8.78 Å². The van der Waals surface area contributed by atoms with Gasteiger partial charge in [-0.3, -0.25) is 4.40 Å². The van der Waals surface area contributed by atoms with Crippen LogP contribution in [0.4, 0.5) is 22.0 Å². The van der Waals surface area contributed by atoms with E-state index in [1.54, 1.807) is 6.92 Å². The number of hydrogen-bond donors (Lipinski definition) is 0. The monoisotopic (exact) mass is 357 g/mol. The molecule has 0 saturated carbocycles. The molecule has 0 aliphatic rings. The molecule has 1 aromatic carbocycles. The lowest BCUT2D eigenvalue weighted by Crippen LogP contribution is -2.17. The number of benzene rings is 1. The Balaban J connectivity index is 2.04. The molecule has 0 spiro atoms. The molecule has 0 unspecified atom stereocenters. The average molecular weight is 357 g/mol. The van der Waals surface area contributed by atoms with Gasteiger partial charge < -0.3 is 4.74 Å². The number of imidazole rings is 1. The summed E-state index contributed by atoms with van der Waals surface area (Å²) in [5.41, 5.74) is 1.08. The molecule has 25 heavy (non-hydrogen) atoms. The molecule has 2 heterocycles. The summed E-state index contributed by atoms with van der Waals surface area (Å²) in [6, 6.07) is 5.18. The quantitative estimate of drug-likeness (QED) is 0.637. The van der Waals surface area contributed by atoms with E-state index in [0.717, 1.165) is 13.0 Å². The summed E-state index contributed by atoms with van der Waals surface area (Å²) in [5, 5.41) is 0. The smallest absolute Gasteiger partial charge is 0.406 e. The second-order valence-electron chi connectivity index (χ2n) is 5.57. The maximum atomic E-state index is 13.6. The van der Waals surface area contributed by atoms with Crippen molar-refractivity contribution in [3.63, 3.8) is 0 Å². The average Bonchev–Trinajstić information content (AvgIpc) is 2.88. The number of aromatic nitrogens is 3. The topological polar surface area (TPSA) is 39.4 Å². The lowest BCUT2D eigenvalue weighted by atomic mass is 10.0. The highest BCUT2D eigenvalue weighted by Crippen LogP contribution is 2.32. The van der Waals surface area contributed by atoms with Gasteiger partial charge in [-0.1, -0.05) is 0 Å². The van der Waals surface area contributed by atoms with Crippen molar-refractivity contribution >= 4 is 5.52 Å². The summed E-state index contributed by atoms with van der Waals surface area (Å²) in [6.45, 7) is 2.32. The molecule has 9 heteroatoms. The fourth-order valence-electron chi connectivity index (χ4n) is 2.50. The lowest BCUT2D eigenvalue weighted by Gasteiger charge is -2.12. The number of ether oxygens (including phenoxy) is 1. The van der Waals surface area contributed by atoms with Crippen LogP contribution in [0, 0.1) is 6.92 Å². The predicted molar refractivity (Wildman–Crippen MR) is 79.4 cm³/mol. The highest BCUT2D eigenvalue weighted by atomic mass is 19.4. The van der Waals surface area contributed by atoms with E-state index in [0.29, 0.717) is 16.8 Å². The lowest BCUT2D eigenvalue weighted by molar-refractivity contribution is -0.274. The van der Waals surface area contributed by atoms with Crippen LogP contribution in [0.25, 0.3) is 16.8 Å². The molecule has 0 bridgehead atoms. The van der Waals surface area contributed by atoms with E-state index in [1.165, 1.54) is 35.3 Å². The van der Waals surface area contributed by atoms with Crippen LogP contribution >= 0.6 is 0 Å². The standard InChI is InChI=1S/C16H12F5N3O/c1-9-5-10(25-16(19,20)21)3-4-11(9)12-6-13-14(15(2,17)18)23-8-24(13)7-22-12/h3-8H,1-2H3. The Hall–Kier alpha value is -2.71. The van der Waals surface area contributed by atoms with Gasteiger partial charge in [0.15, 0.2) is 0 Å². The summed E-state index contributed by atoms with van der Waals surface area (Å²) in [7, 11) is 0. The van der Waals surface area contributed by atoms with Gasteiger partial charge in [-0.25, -0.2) is 9.97 Å². The summed E-state index contributed by atoms with van der Waals surface area (Å²) in [4.78, 5) is 7.86. The first kappa shape index (κ1) is 17.1. The third-order valence-corrected chi connectivity index (χ3v) is 3.55. The van der Waals surface area contributed by atoms with Gasteiger partial charge in [0, 0.05) is 12.5 Å². The molecule has 0 fully saturated rings. The Bertz CT molecular complexity index is 928. The Morgan fingerprint density at radius 3 is 2.28 bits per heavy atom. The molecule has 0 saturated heterocycles. The van der Waals surface area contributed by atoms with Crippen LogP contribution in [0.5, 0.6) is 5.75 Å². The van der Waals surface area contributed by atoms with Crippen molar-refractivity contribution in [3.8, 4) is 17.0 Å². The molecular formula is C16H12F5N3O. The fourth-order valence-corrected chi connectivity index (χ4v) is 2.50. The molecule has 3 aromatic rings. The van der Waals surface area contributed by atoms with Gasteiger partial charge in [0.2, 0.25) is 0 Å². The van der Waals surface area contributed by atoms with E-state index >= 15 is 0 Å². The zero-order valence-corrected chi connectivity index (χ0v) is 13.1. The maximum Gasteiger partial charge on any atom is 0.573 e. The predicted octanol–water partition coefficient (Wildman–Crippen LogP) is 4.72. The minimum Gasteiger partial charge on any atom is -0.406 e. The zero-order valence-electron chi connectivity index (χ0n) is 13.1. The van der Waals surface area contributed by atoms with Crippen molar-refractivity contribution in [1.29, 1.82) is 0 Å². The molecule has 132 valence electrons. The molecule has 0 radical (unpaired) electrons. The van der Waals surface area contributed by atoms with Crippen LogP contribution in [0.3, 0.4) is 0 Å². The fraction of sp³-hybridized carbons (Fsp3) is 0.250. The van der Waals surface area contributed by atoms with Crippen LogP contribution in [0.1, 0.15) is 18.2 Å². The van der Waals surface area contributed by atoms with Gasteiger partial charge in [0.1, 0.15) is 24.1 Å². The van der Waals surface area contributed by atoms with Crippen LogP contribution in [-0.2, 0) is 5.92 Å². The van der Waals surface area contributed by atoms with Crippen molar-refractivity contribution in [3.05, 3.63) is 48.2 Å². The number of halogens is 5. The first-order chi connectivity index (χ1) is 11.5. The van der Waals surface area contributed by atoms with Crippen LogP contribution < -0.4 is 4.74 Å². The molecule has 0 aliphatic carbocycles. The molecule has 0 atom stereocenters. The van der Waals surface area contributed by atoms with Crippen LogP contribution in [0.2, 0.25) is 0 Å². The van der Waals surface area contributed by atoms with E-state index in [2.05, 4.69) is 14.7 Å². The SMILES string of the molecule is Cc1cc(OC(F)(F)F)ccc1-c1cc2c(C(C)(F)F)ncn2cn1. The normalized spacial score (nSPS) is 12.6. The van der Waals surface area contributed by atoms with Gasteiger partial charge in [-0.05, 0) is 36.8 Å². The number of aryl methyl sites for hydroxylation is 1. The third kappa shape index (κ3) is 3.54. The van der Waals surface area contributed by atoms with Crippen LogP contribution in [-0.4, -0.2) is 20.7 Å². The van der Waals surface area contributed by atoms with Crippen molar-refractivity contribution in [2.45, 2.75) is 26.1 Å². The van der Waals surface area contributed by atoms with Crippen molar-refractivity contribution in [2.24, 2.45) is 0 Å². The van der Waals surface area contributed by atoms with Gasteiger partial charge in [0.25, 0.3) is 5.92 Å². The molecule has 0 amide bonds. The van der Waals surface area contributed by atoms with Gasteiger partial charge in [0.05, 0.1) is 11.2 Å². The molecule has 2 aromatic heterocycles. The maximum absolute atomic E-state index is 13.6. The Kier molecular flexibility index (Phi) is 3.89. The van der Waals surface area contributed by atoms with Gasteiger partial charge in [-0.15, -0.1) is 13.2 Å². The van der Waals surface area contributed by atoms with Crippen LogP contribution in [0.15, 0.2) is 36.9 Å². The number of alkyl halides is 5. The largest absolute Gasteiger partial charge is 0.573 e. The summed E-state index contributed by atoms with van der Waals surface area (Å²) < 4.78 is 69.3. The van der Waals surface area contributed by atoms with E-state index < -0.39 is 18.0 Å².